The highest BCUT2D eigenvalue weighted by molar-refractivity contribution is 6.36. The van der Waals surface area contributed by atoms with Gasteiger partial charge in [-0.2, -0.15) is 0 Å². The van der Waals surface area contributed by atoms with Crippen LogP contribution in [0.3, 0.4) is 0 Å². The van der Waals surface area contributed by atoms with Crippen LogP contribution in [0.2, 0.25) is 20.1 Å². The number of benzene rings is 3. The zero-order valence-corrected chi connectivity index (χ0v) is 17.0. The molecule has 0 aliphatic carbocycles. The molecule has 4 aromatic rings. The number of aliphatic imine (C=N–C) groups is 1. The quantitative estimate of drug-likeness (QED) is 0.327. The molecule has 0 aliphatic heterocycles. The van der Waals surface area contributed by atoms with Crippen LogP contribution in [0.1, 0.15) is 5.56 Å². The molecule has 0 saturated carbocycles. The Morgan fingerprint density at radius 2 is 1.71 bits per heavy atom. The molecule has 140 valence electrons. The monoisotopic (exact) mass is 450 g/mol. The molecule has 0 amide bonds. The fourth-order valence-electron chi connectivity index (χ4n) is 2.60. The lowest BCUT2D eigenvalue weighted by Gasteiger charge is -2.02. The van der Waals surface area contributed by atoms with Crippen LogP contribution in [0.4, 0.5) is 5.69 Å². The third kappa shape index (κ3) is 3.82. The molecule has 28 heavy (non-hydrogen) atoms. The SMILES string of the molecule is Oc1c(Cl)cc(Cl)cc1C=Nc1ccc2oc(-c3cc(Cl)ccc3Cl)nc2c1. The first kappa shape index (κ1) is 19.1. The van der Waals surface area contributed by atoms with Crippen LogP contribution in [-0.2, 0) is 0 Å². The van der Waals surface area contributed by atoms with Gasteiger partial charge in [0, 0.05) is 21.8 Å². The number of hydrogen-bond donors (Lipinski definition) is 1. The number of phenolic OH excluding ortho intramolecular Hbond substituents is 1. The number of aromatic nitrogens is 1. The molecule has 4 rings (SSSR count). The van der Waals surface area contributed by atoms with Crippen LogP contribution in [-0.4, -0.2) is 16.3 Å². The predicted molar refractivity (Wildman–Crippen MR) is 115 cm³/mol. The van der Waals surface area contributed by atoms with Crippen molar-refractivity contribution in [3.05, 3.63) is 74.2 Å². The van der Waals surface area contributed by atoms with Gasteiger partial charge in [0.25, 0.3) is 0 Å². The molecule has 8 heteroatoms. The molecule has 0 atom stereocenters. The van der Waals surface area contributed by atoms with E-state index in [-0.39, 0.29) is 10.8 Å². The molecule has 0 saturated heterocycles. The third-order valence-corrected chi connectivity index (χ3v) is 5.01. The second kappa shape index (κ2) is 7.64. The second-order valence-corrected chi connectivity index (χ2v) is 7.57. The molecule has 0 fully saturated rings. The summed E-state index contributed by atoms with van der Waals surface area (Å²) < 4.78 is 5.78. The number of rotatable bonds is 3. The van der Waals surface area contributed by atoms with Crippen molar-refractivity contribution < 1.29 is 9.52 Å². The second-order valence-electron chi connectivity index (χ2n) is 5.88. The maximum atomic E-state index is 10.0. The van der Waals surface area contributed by atoms with Crippen LogP contribution in [0, 0.1) is 0 Å². The molecule has 1 aromatic heterocycles. The molecular formula is C20H10Cl4N2O2. The van der Waals surface area contributed by atoms with Gasteiger partial charge in [0.05, 0.1) is 21.3 Å². The molecule has 0 bridgehead atoms. The lowest BCUT2D eigenvalue weighted by molar-refractivity contribution is 0.475. The van der Waals surface area contributed by atoms with Gasteiger partial charge in [-0.1, -0.05) is 46.4 Å². The highest BCUT2D eigenvalue weighted by Crippen LogP contribution is 2.34. The Hall–Kier alpha value is -2.24. The molecule has 3 aromatic carbocycles. The van der Waals surface area contributed by atoms with Crippen LogP contribution < -0.4 is 0 Å². The summed E-state index contributed by atoms with van der Waals surface area (Å²) >= 11 is 24.2. The summed E-state index contributed by atoms with van der Waals surface area (Å²) in [5.41, 5.74) is 2.81. The van der Waals surface area contributed by atoms with Gasteiger partial charge in [-0.3, -0.25) is 4.99 Å². The Morgan fingerprint density at radius 1 is 0.893 bits per heavy atom. The van der Waals surface area contributed by atoms with Crippen LogP contribution in [0.25, 0.3) is 22.6 Å². The van der Waals surface area contributed by atoms with Gasteiger partial charge < -0.3 is 9.52 Å². The first-order valence-corrected chi connectivity index (χ1v) is 9.50. The third-order valence-electron chi connectivity index (χ3n) is 3.94. The highest BCUT2D eigenvalue weighted by Gasteiger charge is 2.13. The summed E-state index contributed by atoms with van der Waals surface area (Å²) in [5.74, 6) is 0.276. The minimum Gasteiger partial charge on any atom is -0.506 e. The maximum Gasteiger partial charge on any atom is 0.228 e. The lowest BCUT2D eigenvalue weighted by atomic mass is 10.2. The van der Waals surface area contributed by atoms with E-state index in [4.69, 9.17) is 50.8 Å². The van der Waals surface area contributed by atoms with E-state index in [1.54, 1.807) is 42.5 Å². The van der Waals surface area contributed by atoms with Crippen molar-refractivity contribution in [3.63, 3.8) is 0 Å². The largest absolute Gasteiger partial charge is 0.506 e. The minimum absolute atomic E-state index is 0.0878. The minimum atomic E-state index is -0.0878. The van der Waals surface area contributed by atoms with Crippen molar-refractivity contribution in [1.82, 2.24) is 4.98 Å². The van der Waals surface area contributed by atoms with Crippen molar-refractivity contribution in [1.29, 1.82) is 0 Å². The van der Waals surface area contributed by atoms with E-state index in [9.17, 15) is 5.11 Å². The number of fused-ring (bicyclic) bond motifs is 1. The number of oxazole rings is 1. The van der Waals surface area contributed by atoms with Crippen LogP contribution in [0.15, 0.2) is 57.9 Å². The van der Waals surface area contributed by atoms with Gasteiger partial charge in [-0.05, 0) is 48.5 Å². The Kier molecular flexibility index (Phi) is 5.21. The summed E-state index contributed by atoms with van der Waals surface area (Å²) in [7, 11) is 0. The molecule has 0 spiro atoms. The van der Waals surface area contributed by atoms with Crippen molar-refractivity contribution >= 4 is 69.4 Å². The zero-order valence-electron chi connectivity index (χ0n) is 14.0. The van der Waals surface area contributed by atoms with Crippen molar-refractivity contribution in [2.75, 3.05) is 0 Å². The predicted octanol–water partition coefficient (Wildman–Crippen LogP) is 7.56. The number of phenols is 1. The molecule has 1 N–H and O–H groups in total. The molecular weight excluding hydrogens is 442 g/mol. The van der Waals surface area contributed by atoms with Crippen LogP contribution >= 0.6 is 46.4 Å². The molecule has 0 radical (unpaired) electrons. The smallest absolute Gasteiger partial charge is 0.228 e. The number of nitrogens with zero attached hydrogens (tertiary/aromatic N) is 2. The van der Waals surface area contributed by atoms with Gasteiger partial charge in [-0.15, -0.1) is 0 Å². The van der Waals surface area contributed by atoms with E-state index in [0.29, 0.717) is 48.9 Å². The standard InChI is InChI=1S/C20H10Cl4N2O2/c21-11-1-3-15(23)14(6-11)20-26-17-8-13(2-4-18(17)28-20)25-9-10-5-12(22)7-16(24)19(10)27/h1-9,27H. The molecule has 1 heterocycles. The molecule has 4 nitrogen and oxygen atoms in total. The van der Waals surface area contributed by atoms with Gasteiger partial charge in [0.1, 0.15) is 11.3 Å². The Bertz CT molecular complexity index is 1230. The van der Waals surface area contributed by atoms with Gasteiger partial charge >= 0.3 is 0 Å². The first-order chi connectivity index (χ1) is 13.4. The fraction of sp³-hybridized carbons (Fsp3) is 0. The highest BCUT2D eigenvalue weighted by atomic mass is 35.5. The Balaban J connectivity index is 1.70. The number of halogens is 4. The summed E-state index contributed by atoms with van der Waals surface area (Å²) in [6.45, 7) is 0. The summed E-state index contributed by atoms with van der Waals surface area (Å²) in [5, 5.41) is 11.6. The van der Waals surface area contributed by atoms with Gasteiger partial charge in [-0.25, -0.2) is 4.98 Å². The average molecular weight is 452 g/mol. The van der Waals surface area contributed by atoms with Gasteiger partial charge in [0.15, 0.2) is 5.58 Å². The van der Waals surface area contributed by atoms with Crippen molar-refractivity contribution in [2.45, 2.75) is 0 Å². The topological polar surface area (TPSA) is 58.6 Å². The summed E-state index contributed by atoms with van der Waals surface area (Å²) in [6.07, 6.45) is 1.48. The average Bonchev–Trinajstić information content (AvgIpc) is 3.08. The normalized spacial score (nSPS) is 11.6. The van der Waals surface area contributed by atoms with E-state index in [2.05, 4.69) is 9.98 Å². The van der Waals surface area contributed by atoms with Crippen molar-refractivity contribution in [3.8, 4) is 17.2 Å². The molecule has 0 unspecified atom stereocenters. The van der Waals surface area contributed by atoms with Crippen molar-refractivity contribution in [2.24, 2.45) is 4.99 Å². The van der Waals surface area contributed by atoms with E-state index >= 15 is 0 Å². The Morgan fingerprint density at radius 3 is 2.54 bits per heavy atom. The number of aromatic hydroxyl groups is 1. The number of hydrogen-bond acceptors (Lipinski definition) is 4. The van der Waals surface area contributed by atoms with Crippen LogP contribution in [0.5, 0.6) is 5.75 Å². The first-order valence-electron chi connectivity index (χ1n) is 7.99. The van der Waals surface area contributed by atoms with Gasteiger partial charge in [0.2, 0.25) is 5.89 Å². The Labute approximate surface area is 180 Å². The van der Waals surface area contributed by atoms with E-state index in [1.807, 2.05) is 0 Å². The summed E-state index contributed by atoms with van der Waals surface area (Å²) in [4.78, 5) is 8.82. The van der Waals surface area contributed by atoms with E-state index < -0.39 is 0 Å². The maximum absolute atomic E-state index is 10.0. The van der Waals surface area contributed by atoms with E-state index in [0.717, 1.165) is 0 Å². The fourth-order valence-corrected chi connectivity index (χ4v) is 3.48. The summed E-state index contributed by atoms with van der Waals surface area (Å²) in [6, 6.07) is 13.4. The lowest BCUT2D eigenvalue weighted by Crippen LogP contribution is -1.84. The molecule has 0 aliphatic rings. The zero-order chi connectivity index (χ0) is 19.8. The van der Waals surface area contributed by atoms with E-state index in [1.165, 1.54) is 12.3 Å².